The van der Waals surface area contributed by atoms with Crippen LogP contribution in [0.3, 0.4) is 0 Å². The van der Waals surface area contributed by atoms with Gasteiger partial charge in [0.2, 0.25) is 0 Å². The van der Waals surface area contributed by atoms with Crippen LogP contribution in [0.4, 0.5) is 11.4 Å². The molecular formula is C22H26N2O7S. The van der Waals surface area contributed by atoms with Crippen LogP contribution in [0.5, 0.6) is 5.75 Å². The van der Waals surface area contributed by atoms with Gasteiger partial charge in [0.05, 0.1) is 26.7 Å². The molecule has 2 rings (SSSR count). The van der Waals surface area contributed by atoms with E-state index < -0.39 is 43.7 Å². The summed E-state index contributed by atoms with van der Waals surface area (Å²) in [5.41, 5.74) is -0.277. The fourth-order valence-electron chi connectivity index (χ4n) is 3.11. The van der Waals surface area contributed by atoms with Gasteiger partial charge in [0.15, 0.2) is 0 Å². The van der Waals surface area contributed by atoms with Crippen molar-refractivity contribution in [1.29, 1.82) is 0 Å². The lowest BCUT2D eigenvalue weighted by Gasteiger charge is -2.28. The van der Waals surface area contributed by atoms with Gasteiger partial charge in [-0.1, -0.05) is 59.7 Å². The summed E-state index contributed by atoms with van der Waals surface area (Å²) in [6, 6.07) is 8.37. The normalized spacial score (nSPS) is 12.8. The highest BCUT2D eigenvalue weighted by atomic mass is 32.2. The lowest BCUT2D eigenvalue weighted by molar-refractivity contribution is -0.396. The number of nitrogens with zero attached hydrogens (tertiary/aromatic N) is 2. The lowest BCUT2D eigenvalue weighted by Crippen LogP contribution is -2.24. The van der Waals surface area contributed by atoms with Crippen LogP contribution in [0.2, 0.25) is 0 Å². The highest BCUT2D eigenvalue weighted by molar-refractivity contribution is 7.86. The first kappa shape index (κ1) is 25.1. The highest BCUT2D eigenvalue weighted by Gasteiger charge is 2.30. The van der Waals surface area contributed by atoms with Crippen LogP contribution in [-0.4, -0.2) is 25.8 Å². The monoisotopic (exact) mass is 462 g/mol. The maximum Gasteiger partial charge on any atom is 0.324 e. The number of carbonyl (C=O) groups excluding carboxylic acids is 1. The van der Waals surface area contributed by atoms with Crippen LogP contribution in [0.1, 0.15) is 52.7 Å². The molecule has 0 amide bonds. The predicted molar refractivity (Wildman–Crippen MR) is 121 cm³/mol. The Kier molecular flexibility index (Phi) is 7.19. The fraction of sp³-hybridized carbons (Fsp3) is 0.409. The number of hydrogen-bond acceptors (Lipinski definition) is 7. The third kappa shape index (κ3) is 5.76. The number of esters is 1. The number of hydrogen-bond donors (Lipinski definition) is 0. The molecule has 1 atom stereocenters. The zero-order valence-electron chi connectivity index (χ0n) is 18.8. The van der Waals surface area contributed by atoms with Crippen molar-refractivity contribution in [2.45, 2.75) is 57.3 Å². The lowest BCUT2D eigenvalue weighted by atomic mass is 9.79. The Balaban J connectivity index is 2.39. The molecule has 0 aliphatic heterocycles. The van der Waals surface area contributed by atoms with Crippen LogP contribution in [0, 0.1) is 20.2 Å². The SMILES string of the molecule is CC(C)(C)c1cccc(C(C)(C)C)c1OC(=O)CS(=O)c1ccc([N+](=O)[O-])cc1[N+](=O)[O-]. The summed E-state index contributed by atoms with van der Waals surface area (Å²) in [5.74, 6) is -1.08. The molecule has 10 heteroatoms. The molecule has 0 spiro atoms. The molecule has 0 saturated carbocycles. The van der Waals surface area contributed by atoms with Crippen molar-refractivity contribution in [2.75, 3.05) is 5.75 Å². The average molecular weight is 463 g/mol. The van der Waals surface area contributed by atoms with E-state index in [0.29, 0.717) is 5.75 Å². The Hall–Kier alpha value is -3.14. The van der Waals surface area contributed by atoms with E-state index in [1.54, 1.807) is 0 Å². The van der Waals surface area contributed by atoms with E-state index >= 15 is 0 Å². The van der Waals surface area contributed by atoms with Gasteiger partial charge in [-0.3, -0.25) is 29.2 Å². The van der Waals surface area contributed by atoms with Crippen LogP contribution in [0.15, 0.2) is 41.3 Å². The number of benzene rings is 2. The van der Waals surface area contributed by atoms with E-state index in [9.17, 15) is 29.2 Å². The Morgan fingerprint density at radius 2 is 1.47 bits per heavy atom. The van der Waals surface area contributed by atoms with Crippen LogP contribution < -0.4 is 4.74 Å². The number of carbonyl (C=O) groups is 1. The van der Waals surface area contributed by atoms with E-state index in [0.717, 1.165) is 29.3 Å². The second kappa shape index (κ2) is 9.15. The average Bonchev–Trinajstić information content (AvgIpc) is 2.65. The van der Waals surface area contributed by atoms with Gasteiger partial charge in [-0.25, -0.2) is 0 Å². The molecule has 9 nitrogen and oxygen atoms in total. The number of nitro benzene ring substituents is 2. The molecule has 0 fully saturated rings. The quantitative estimate of drug-likeness (QED) is 0.260. The molecule has 0 radical (unpaired) electrons. The Bertz CT molecular complexity index is 1070. The smallest absolute Gasteiger partial charge is 0.324 e. The van der Waals surface area contributed by atoms with Crippen molar-refractivity contribution in [2.24, 2.45) is 0 Å². The standard InChI is InChI=1S/C22H26N2O7S/c1-21(2,3)15-8-7-9-16(22(4,5)6)20(15)31-19(25)13-32(30)18-11-10-14(23(26)27)12-17(18)24(28)29/h7-12H,13H2,1-6H3. The van der Waals surface area contributed by atoms with Crippen LogP contribution in [-0.2, 0) is 26.4 Å². The van der Waals surface area contributed by atoms with E-state index in [1.165, 1.54) is 0 Å². The maximum absolute atomic E-state index is 12.8. The minimum Gasteiger partial charge on any atom is -0.425 e. The van der Waals surface area contributed by atoms with Crippen molar-refractivity contribution in [3.63, 3.8) is 0 Å². The topological polar surface area (TPSA) is 130 Å². The molecule has 2 aromatic rings. The molecule has 172 valence electrons. The number of ether oxygens (including phenoxy) is 1. The van der Waals surface area contributed by atoms with E-state index in [1.807, 2.05) is 59.7 Å². The number of non-ortho nitro benzene ring substituents is 1. The largest absolute Gasteiger partial charge is 0.425 e. The molecule has 0 bridgehead atoms. The van der Waals surface area contributed by atoms with Gasteiger partial charge in [0, 0.05) is 17.2 Å². The minimum atomic E-state index is -2.14. The Labute approximate surface area is 188 Å². The van der Waals surface area contributed by atoms with Gasteiger partial charge in [-0.2, -0.15) is 0 Å². The summed E-state index contributed by atoms with van der Waals surface area (Å²) in [5, 5.41) is 22.2. The van der Waals surface area contributed by atoms with Gasteiger partial charge in [0.25, 0.3) is 11.4 Å². The molecule has 0 heterocycles. The first-order chi connectivity index (χ1) is 14.6. The third-order valence-electron chi connectivity index (χ3n) is 4.69. The zero-order valence-corrected chi connectivity index (χ0v) is 19.6. The number of rotatable bonds is 6. The minimum absolute atomic E-state index is 0.280. The van der Waals surface area contributed by atoms with Gasteiger partial charge in [0.1, 0.15) is 16.4 Å². The Morgan fingerprint density at radius 3 is 1.91 bits per heavy atom. The van der Waals surface area contributed by atoms with Crippen molar-refractivity contribution in [3.05, 3.63) is 67.8 Å². The summed E-state index contributed by atoms with van der Waals surface area (Å²) in [6.07, 6.45) is 0. The van der Waals surface area contributed by atoms with Crippen molar-refractivity contribution >= 4 is 28.1 Å². The molecule has 32 heavy (non-hydrogen) atoms. The number of nitro groups is 2. The Morgan fingerprint density at radius 1 is 0.938 bits per heavy atom. The second-order valence-corrected chi connectivity index (χ2v) is 10.7. The molecule has 0 aliphatic carbocycles. The summed E-state index contributed by atoms with van der Waals surface area (Å²) in [6.45, 7) is 11.9. The molecular weight excluding hydrogens is 436 g/mol. The maximum atomic E-state index is 12.8. The first-order valence-corrected chi connectivity index (χ1v) is 11.1. The highest BCUT2D eigenvalue weighted by Crippen LogP contribution is 2.39. The van der Waals surface area contributed by atoms with Gasteiger partial charge in [-0.15, -0.1) is 0 Å². The summed E-state index contributed by atoms with van der Waals surface area (Å²) in [7, 11) is -2.14. The third-order valence-corrected chi connectivity index (χ3v) is 6.02. The summed E-state index contributed by atoms with van der Waals surface area (Å²) in [4.78, 5) is 33.0. The summed E-state index contributed by atoms with van der Waals surface area (Å²) < 4.78 is 18.4. The molecule has 0 saturated heterocycles. The fourth-order valence-corrected chi connectivity index (χ4v) is 4.13. The first-order valence-electron chi connectivity index (χ1n) is 9.78. The van der Waals surface area contributed by atoms with Crippen molar-refractivity contribution < 1.29 is 23.6 Å². The zero-order chi connectivity index (χ0) is 24.4. The molecule has 0 aromatic heterocycles. The second-order valence-electron chi connectivity index (χ2n) is 9.31. The molecule has 2 aromatic carbocycles. The van der Waals surface area contributed by atoms with Crippen LogP contribution in [0.25, 0.3) is 0 Å². The van der Waals surface area contributed by atoms with Gasteiger partial charge >= 0.3 is 5.97 Å². The summed E-state index contributed by atoms with van der Waals surface area (Å²) >= 11 is 0. The predicted octanol–water partition coefficient (Wildman–Crippen LogP) is 4.81. The van der Waals surface area contributed by atoms with Gasteiger partial charge in [-0.05, 0) is 16.9 Å². The van der Waals surface area contributed by atoms with E-state index in [-0.39, 0.29) is 15.7 Å². The molecule has 1 unspecified atom stereocenters. The molecule has 0 aliphatic rings. The van der Waals surface area contributed by atoms with E-state index in [2.05, 4.69) is 0 Å². The number of para-hydroxylation sites is 1. The van der Waals surface area contributed by atoms with Crippen molar-refractivity contribution in [1.82, 2.24) is 0 Å². The molecule has 0 N–H and O–H groups in total. The van der Waals surface area contributed by atoms with Crippen molar-refractivity contribution in [3.8, 4) is 5.75 Å². The van der Waals surface area contributed by atoms with Crippen LogP contribution >= 0.6 is 0 Å². The van der Waals surface area contributed by atoms with E-state index in [4.69, 9.17) is 4.74 Å². The van der Waals surface area contributed by atoms with Gasteiger partial charge < -0.3 is 4.74 Å².